The van der Waals surface area contributed by atoms with E-state index in [9.17, 15) is 0 Å². The molecule has 0 aliphatic carbocycles. The van der Waals surface area contributed by atoms with E-state index in [-0.39, 0.29) is 0 Å². The quantitative estimate of drug-likeness (QED) is 0.0384. The molecule has 0 radical (unpaired) electrons. The average Bonchev–Trinajstić information content (AvgIpc) is 3.05. The van der Waals surface area contributed by atoms with Gasteiger partial charge in [-0.2, -0.15) is 0 Å². The second kappa shape index (κ2) is 27.0. The van der Waals surface area contributed by atoms with Crippen molar-refractivity contribution in [3.05, 3.63) is 65.2 Å². The van der Waals surface area contributed by atoms with Gasteiger partial charge in [-0.1, -0.05) is 185 Å². The highest BCUT2D eigenvalue weighted by atomic mass is 32.1. The Bertz CT molecular complexity index is 981. The van der Waals surface area contributed by atoms with E-state index in [2.05, 4.69) is 69.3 Å². The molecule has 3 heteroatoms. The molecule has 45 heavy (non-hydrogen) atoms. The Hall–Kier alpha value is -2.13. The van der Waals surface area contributed by atoms with Gasteiger partial charge in [0.05, 0.1) is 13.2 Å². The summed E-state index contributed by atoms with van der Waals surface area (Å²) in [7, 11) is 0. The predicted molar refractivity (Wildman–Crippen MR) is 202 cm³/mol. The highest BCUT2D eigenvalue weighted by Crippen LogP contribution is 2.25. The molecule has 2 aromatic rings. The van der Waals surface area contributed by atoms with E-state index < -0.39 is 0 Å². The predicted octanol–water partition coefficient (Wildman–Crippen LogP) is 13.7. The molecule has 0 spiro atoms. The lowest BCUT2D eigenvalue weighted by Crippen LogP contribution is -2.01. The Balaban J connectivity index is 1.83. The normalized spacial score (nSPS) is 11.4. The summed E-state index contributed by atoms with van der Waals surface area (Å²) in [6.07, 6.45) is 33.0. The molecule has 0 saturated heterocycles. The van der Waals surface area contributed by atoms with E-state index in [1.165, 1.54) is 121 Å². The van der Waals surface area contributed by atoms with Crippen LogP contribution in [0.25, 0.3) is 6.08 Å². The zero-order chi connectivity index (χ0) is 32.2. The summed E-state index contributed by atoms with van der Waals surface area (Å²) >= 11 is 5.75. The Labute approximate surface area is 283 Å². The number of allylic oxidation sites excluding steroid dienone is 1. The van der Waals surface area contributed by atoms with Gasteiger partial charge in [-0.15, -0.1) is 0 Å². The molecule has 252 valence electrons. The summed E-state index contributed by atoms with van der Waals surface area (Å²) in [5.74, 6) is 1.78. The van der Waals surface area contributed by atoms with E-state index in [1.54, 1.807) is 0 Å². The van der Waals surface area contributed by atoms with E-state index in [0.29, 0.717) is 0 Å². The van der Waals surface area contributed by atoms with Crippen LogP contribution in [0.1, 0.15) is 172 Å². The van der Waals surface area contributed by atoms with Crippen LogP contribution in [0.3, 0.4) is 0 Å². The number of hydrogen-bond donors (Lipinski definition) is 0. The maximum Gasteiger partial charge on any atom is 0.123 e. The lowest BCUT2D eigenvalue weighted by Gasteiger charge is -2.12. The van der Waals surface area contributed by atoms with Crippen molar-refractivity contribution in [2.75, 3.05) is 13.2 Å². The monoisotopic (exact) mass is 634 g/mol. The molecule has 0 heterocycles. The zero-order valence-electron chi connectivity index (χ0n) is 29.4. The third-order valence-corrected chi connectivity index (χ3v) is 9.01. The first-order valence-corrected chi connectivity index (χ1v) is 19.3. The van der Waals surface area contributed by atoms with Crippen molar-refractivity contribution in [3.8, 4) is 11.5 Å². The fourth-order valence-electron chi connectivity index (χ4n) is 5.81. The molecule has 0 atom stereocenters. The molecule has 0 aliphatic heterocycles. The third-order valence-electron chi connectivity index (χ3n) is 8.64. The minimum Gasteiger partial charge on any atom is -0.493 e. The van der Waals surface area contributed by atoms with Gasteiger partial charge in [0.1, 0.15) is 11.5 Å². The van der Waals surface area contributed by atoms with Gasteiger partial charge in [0.2, 0.25) is 0 Å². The first-order chi connectivity index (χ1) is 22.2. The lowest BCUT2D eigenvalue weighted by atomic mass is 10.1. The van der Waals surface area contributed by atoms with Gasteiger partial charge in [0, 0.05) is 10.9 Å². The molecule has 0 unspecified atom stereocenters. The summed E-state index contributed by atoms with van der Waals surface area (Å²) in [6.45, 7) is 8.29. The molecule has 0 aliphatic rings. The summed E-state index contributed by atoms with van der Waals surface area (Å²) in [5.41, 5.74) is 3.52. The van der Waals surface area contributed by atoms with Crippen molar-refractivity contribution in [3.63, 3.8) is 0 Å². The minimum atomic E-state index is 0.754. The number of benzene rings is 2. The summed E-state index contributed by atoms with van der Waals surface area (Å²) in [4.78, 5) is 0.850. The highest BCUT2D eigenvalue weighted by molar-refractivity contribution is 7.81. The van der Waals surface area contributed by atoms with E-state index in [0.717, 1.165) is 66.4 Å². The van der Waals surface area contributed by atoms with Gasteiger partial charge >= 0.3 is 0 Å². The van der Waals surface area contributed by atoms with Crippen molar-refractivity contribution in [1.82, 2.24) is 0 Å². The molecule has 0 bridgehead atoms. The van der Waals surface area contributed by atoms with E-state index in [4.69, 9.17) is 21.7 Å². The van der Waals surface area contributed by atoms with Crippen LogP contribution < -0.4 is 9.47 Å². The average molecular weight is 635 g/mol. The largest absolute Gasteiger partial charge is 0.493 e. The van der Waals surface area contributed by atoms with Crippen molar-refractivity contribution in [1.29, 1.82) is 0 Å². The Morgan fingerprint density at radius 2 is 0.956 bits per heavy atom. The molecule has 0 fully saturated rings. The van der Waals surface area contributed by atoms with Crippen molar-refractivity contribution in [2.45, 2.75) is 162 Å². The van der Waals surface area contributed by atoms with Crippen LogP contribution in [-0.4, -0.2) is 18.1 Å². The van der Waals surface area contributed by atoms with Crippen LogP contribution in [-0.2, 0) is 6.42 Å². The molecule has 0 N–H and O–H groups in total. The maximum absolute atomic E-state index is 6.25. The van der Waals surface area contributed by atoms with Crippen LogP contribution in [0.15, 0.2) is 48.5 Å². The first-order valence-electron chi connectivity index (χ1n) is 18.9. The topological polar surface area (TPSA) is 18.5 Å². The molecule has 0 amide bonds. The third kappa shape index (κ3) is 19.9. The molecular weight excluding hydrogens is 569 g/mol. The van der Waals surface area contributed by atoms with Gasteiger partial charge in [0.15, 0.2) is 0 Å². The number of unbranched alkanes of at least 4 members (excludes halogenated alkanes) is 18. The van der Waals surface area contributed by atoms with Crippen molar-refractivity contribution in [2.24, 2.45) is 0 Å². The number of ether oxygens (including phenoxy) is 2. The standard InChI is InChI=1S/C42H66O2S/c1-4-7-9-11-13-15-17-19-21-23-32-43-40-34-38(28-31-42(45)39-29-26-37(25-6-3)27-30-39)35-41(36-40)44-33-24-22-20-18-16-14-12-10-8-5-2/h26-31,34-36H,4-25,32-33H2,1-3H3. The van der Waals surface area contributed by atoms with Crippen LogP contribution >= 0.6 is 12.2 Å². The second-order valence-corrected chi connectivity index (χ2v) is 13.4. The molecule has 2 nitrogen and oxygen atoms in total. The van der Waals surface area contributed by atoms with Crippen molar-refractivity contribution >= 4 is 23.2 Å². The number of hydrogen-bond acceptors (Lipinski definition) is 3. The van der Waals surface area contributed by atoms with Gasteiger partial charge in [-0.25, -0.2) is 0 Å². The zero-order valence-corrected chi connectivity index (χ0v) is 30.2. The fourth-order valence-corrected chi connectivity index (χ4v) is 6.01. The molecular formula is C42H66O2S. The van der Waals surface area contributed by atoms with Gasteiger partial charge < -0.3 is 9.47 Å². The maximum atomic E-state index is 6.25. The van der Waals surface area contributed by atoms with Crippen LogP contribution in [0.2, 0.25) is 0 Å². The van der Waals surface area contributed by atoms with Crippen LogP contribution in [0, 0.1) is 0 Å². The summed E-state index contributed by atoms with van der Waals surface area (Å²) in [5, 5.41) is 0. The lowest BCUT2D eigenvalue weighted by molar-refractivity contribution is 0.289. The van der Waals surface area contributed by atoms with Crippen LogP contribution in [0.4, 0.5) is 0 Å². The molecule has 0 aromatic heterocycles. The first kappa shape index (κ1) is 39.1. The Morgan fingerprint density at radius 1 is 0.533 bits per heavy atom. The van der Waals surface area contributed by atoms with Gasteiger partial charge in [-0.3, -0.25) is 0 Å². The van der Waals surface area contributed by atoms with Crippen LogP contribution in [0.5, 0.6) is 11.5 Å². The van der Waals surface area contributed by atoms with Gasteiger partial charge in [0.25, 0.3) is 0 Å². The summed E-state index contributed by atoms with van der Waals surface area (Å²) < 4.78 is 12.5. The number of thiocarbonyl (C=S) groups is 1. The molecule has 2 aromatic carbocycles. The van der Waals surface area contributed by atoms with E-state index >= 15 is 0 Å². The Kier molecular flexibility index (Phi) is 23.5. The molecule has 2 rings (SSSR count). The minimum absolute atomic E-state index is 0.754. The van der Waals surface area contributed by atoms with Crippen molar-refractivity contribution < 1.29 is 9.47 Å². The smallest absolute Gasteiger partial charge is 0.123 e. The summed E-state index contributed by atoms with van der Waals surface area (Å²) in [6, 6.07) is 15.0. The number of rotatable bonds is 29. The van der Waals surface area contributed by atoms with Gasteiger partial charge in [-0.05, 0) is 54.2 Å². The second-order valence-electron chi connectivity index (χ2n) is 12.9. The Morgan fingerprint density at radius 3 is 1.38 bits per heavy atom. The highest BCUT2D eigenvalue weighted by Gasteiger charge is 2.05. The fraction of sp³-hybridized carbons (Fsp3) is 0.643. The van der Waals surface area contributed by atoms with E-state index in [1.807, 2.05) is 6.08 Å². The molecule has 0 saturated carbocycles. The SMILES string of the molecule is CCCCCCCCCCCCOc1cc(C=CC(=S)c2ccc(CCC)cc2)cc(OCCCCCCCCCCCC)c1. The number of aryl methyl sites for hydroxylation is 1.